The van der Waals surface area contributed by atoms with Crippen LogP contribution in [0.4, 0.5) is 0 Å². The summed E-state index contributed by atoms with van der Waals surface area (Å²) < 4.78 is 7.80. The molecule has 1 aromatic carbocycles. The molecule has 0 unspecified atom stereocenters. The molecule has 2 aliphatic heterocycles. The lowest BCUT2D eigenvalue weighted by Gasteiger charge is -2.29. The van der Waals surface area contributed by atoms with Crippen molar-refractivity contribution in [3.05, 3.63) is 40.4 Å². The third-order valence-corrected chi connectivity index (χ3v) is 5.01. The zero-order valence-electron chi connectivity index (χ0n) is 13.5. The number of nitrogens with zero attached hydrogens (tertiary/aromatic N) is 3. The summed E-state index contributed by atoms with van der Waals surface area (Å²) in [5.74, 6) is 2.58. The van der Waals surface area contributed by atoms with Gasteiger partial charge in [0, 0.05) is 24.0 Å². The van der Waals surface area contributed by atoms with E-state index in [1.165, 1.54) is 0 Å². The summed E-state index contributed by atoms with van der Waals surface area (Å²) in [5, 5.41) is 12.1. The summed E-state index contributed by atoms with van der Waals surface area (Å²) in [6.07, 6.45) is 2.39. The Bertz CT molecular complexity index is 789. The van der Waals surface area contributed by atoms with Crippen LogP contribution in [-0.4, -0.2) is 33.3 Å². The second-order valence-electron chi connectivity index (χ2n) is 6.48. The van der Waals surface area contributed by atoms with Crippen molar-refractivity contribution in [2.75, 3.05) is 6.61 Å². The lowest BCUT2D eigenvalue weighted by Crippen LogP contribution is -2.46. The number of nitrogens with one attached hydrogen (secondary N) is 1. The summed E-state index contributed by atoms with van der Waals surface area (Å²) in [6, 6.07) is 5.66. The van der Waals surface area contributed by atoms with E-state index >= 15 is 0 Å². The van der Waals surface area contributed by atoms with Crippen molar-refractivity contribution in [1.82, 2.24) is 20.1 Å². The summed E-state index contributed by atoms with van der Waals surface area (Å²) in [6.45, 7) is 3.08. The van der Waals surface area contributed by atoms with Gasteiger partial charge in [0.15, 0.2) is 0 Å². The van der Waals surface area contributed by atoms with Gasteiger partial charge in [-0.25, -0.2) is 0 Å². The maximum absolute atomic E-state index is 12.6. The van der Waals surface area contributed by atoms with Gasteiger partial charge in [-0.15, -0.1) is 10.2 Å². The molecule has 0 fully saturated rings. The number of aryl methyl sites for hydroxylation is 2. The van der Waals surface area contributed by atoms with Gasteiger partial charge in [0.05, 0.1) is 5.92 Å². The molecule has 126 valence electrons. The van der Waals surface area contributed by atoms with Gasteiger partial charge < -0.3 is 14.6 Å². The topological polar surface area (TPSA) is 69.0 Å². The number of amides is 1. The Morgan fingerprint density at radius 2 is 2.29 bits per heavy atom. The number of ether oxygens (including phenoxy) is 1. The first-order valence-corrected chi connectivity index (χ1v) is 8.58. The molecule has 24 heavy (non-hydrogen) atoms. The normalized spacial score (nSPS) is 22.2. The number of fused-ring (bicyclic) bond motifs is 2. The monoisotopic (exact) mass is 346 g/mol. The first-order chi connectivity index (χ1) is 11.6. The molecule has 0 spiro atoms. The van der Waals surface area contributed by atoms with E-state index in [2.05, 4.69) is 20.1 Å². The number of hydrogen-bond acceptors (Lipinski definition) is 4. The van der Waals surface area contributed by atoms with E-state index in [1.54, 1.807) is 0 Å². The van der Waals surface area contributed by atoms with E-state index < -0.39 is 0 Å². The van der Waals surface area contributed by atoms with E-state index in [0.717, 1.165) is 42.3 Å². The number of carbonyl (C=O) groups excluding carboxylic acids is 1. The minimum absolute atomic E-state index is 0.0415. The fraction of sp³-hybridized carbons (Fsp3) is 0.471. The molecule has 0 bridgehead atoms. The predicted molar refractivity (Wildman–Crippen MR) is 89.2 cm³/mol. The van der Waals surface area contributed by atoms with Gasteiger partial charge in [0.2, 0.25) is 5.91 Å². The fourth-order valence-electron chi connectivity index (χ4n) is 3.43. The Morgan fingerprint density at radius 1 is 1.42 bits per heavy atom. The highest BCUT2D eigenvalue weighted by Gasteiger charge is 2.29. The van der Waals surface area contributed by atoms with E-state index in [0.29, 0.717) is 18.1 Å². The van der Waals surface area contributed by atoms with Crippen LogP contribution in [0.15, 0.2) is 18.2 Å². The molecule has 2 aliphatic rings. The average Bonchev–Trinajstić information content (AvgIpc) is 2.95. The highest BCUT2D eigenvalue weighted by Crippen LogP contribution is 2.30. The molecule has 4 rings (SSSR count). The highest BCUT2D eigenvalue weighted by molar-refractivity contribution is 6.30. The Balaban J connectivity index is 1.41. The summed E-state index contributed by atoms with van der Waals surface area (Å²) in [4.78, 5) is 12.6. The van der Waals surface area contributed by atoms with E-state index in [-0.39, 0.29) is 17.9 Å². The minimum Gasteiger partial charge on any atom is -0.492 e. The van der Waals surface area contributed by atoms with Crippen LogP contribution in [0.1, 0.15) is 23.6 Å². The predicted octanol–water partition coefficient (Wildman–Crippen LogP) is 1.92. The third-order valence-electron chi connectivity index (χ3n) is 4.78. The van der Waals surface area contributed by atoms with Gasteiger partial charge in [-0.2, -0.15) is 0 Å². The number of carbonyl (C=O) groups is 1. The van der Waals surface area contributed by atoms with Crippen molar-refractivity contribution in [3.63, 3.8) is 0 Å². The van der Waals surface area contributed by atoms with Crippen molar-refractivity contribution >= 4 is 17.5 Å². The number of hydrogen-bond donors (Lipinski definition) is 1. The molecule has 6 nitrogen and oxygen atoms in total. The number of benzene rings is 1. The van der Waals surface area contributed by atoms with E-state index in [1.807, 2.05) is 25.1 Å². The second kappa shape index (κ2) is 6.09. The number of halogens is 1. The number of aromatic nitrogens is 3. The zero-order chi connectivity index (χ0) is 16.7. The van der Waals surface area contributed by atoms with Gasteiger partial charge in [0.25, 0.3) is 0 Å². The van der Waals surface area contributed by atoms with Gasteiger partial charge in [-0.3, -0.25) is 4.79 Å². The zero-order valence-corrected chi connectivity index (χ0v) is 14.2. The molecule has 7 heteroatoms. The first-order valence-electron chi connectivity index (χ1n) is 8.20. The van der Waals surface area contributed by atoms with Crippen molar-refractivity contribution in [3.8, 4) is 5.75 Å². The van der Waals surface area contributed by atoms with Crippen LogP contribution in [-0.2, 0) is 24.2 Å². The standard InChI is InChI=1S/C17H19ClN4O2/c1-10-20-21-16-5-3-14(8-22(10)16)19-17(23)12-6-11-7-13(18)2-4-15(11)24-9-12/h2,4,7,12,14H,3,5-6,8-9H2,1H3,(H,19,23)/t12-,14+/m1/s1. The fourth-order valence-corrected chi connectivity index (χ4v) is 3.63. The van der Waals surface area contributed by atoms with E-state index in [4.69, 9.17) is 16.3 Å². The molecule has 0 aliphatic carbocycles. The largest absolute Gasteiger partial charge is 0.492 e. The average molecular weight is 347 g/mol. The smallest absolute Gasteiger partial charge is 0.227 e. The molecule has 0 radical (unpaired) electrons. The van der Waals surface area contributed by atoms with Crippen LogP contribution in [0.25, 0.3) is 0 Å². The molecule has 0 saturated carbocycles. The van der Waals surface area contributed by atoms with Crippen LogP contribution in [0.3, 0.4) is 0 Å². The van der Waals surface area contributed by atoms with Crippen LogP contribution >= 0.6 is 11.6 Å². The lowest BCUT2D eigenvalue weighted by molar-refractivity contribution is -0.127. The Labute approximate surface area is 145 Å². The van der Waals surface area contributed by atoms with Crippen LogP contribution in [0.2, 0.25) is 5.02 Å². The van der Waals surface area contributed by atoms with Crippen LogP contribution < -0.4 is 10.1 Å². The quantitative estimate of drug-likeness (QED) is 0.902. The molecular formula is C17H19ClN4O2. The molecule has 1 aromatic heterocycles. The van der Waals surface area contributed by atoms with Crippen molar-refractivity contribution in [2.45, 2.75) is 38.8 Å². The Hall–Kier alpha value is -2.08. The second-order valence-corrected chi connectivity index (χ2v) is 6.92. The maximum atomic E-state index is 12.6. The SMILES string of the molecule is Cc1nnc2n1C[C@@H](NC(=O)[C@H]1COc3ccc(Cl)cc3C1)CC2. The summed E-state index contributed by atoms with van der Waals surface area (Å²) >= 11 is 6.04. The first kappa shape index (κ1) is 15.4. The Kier molecular flexibility index (Phi) is 3.92. The summed E-state index contributed by atoms with van der Waals surface area (Å²) in [5.41, 5.74) is 0.995. The van der Waals surface area contributed by atoms with Crippen LogP contribution in [0.5, 0.6) is 5.75 Å². The molecule has 2 aromatic rings. The van der Waals surface area contributed by atoms with E-state index in [9.17, 15) is 4.79 Å². The molecular weight excluding hydrogens is 328 g/mol. The van der Waals surface area contributed by atoms with Gasteiger partial charge in [0.1, 0.15) is 24.0 Å². The molecule has 2 atom stereocenters. The summed E-state index contributed by atoms with van der Waals surface area (Å²) in [7, 11) is 0. The highest BCUT2D eigenvalue weighted by atomic mass is 35.5. The minimum atomic E-state index is -0.181. The van der Waals surface area contributed by atoms with Crippen LogP contribution in [0, 0.1) is 12.8 Å². The lowest BCUT2D eigenvalue weighted by atomic mass is 9.95. The third kappa shape index (κ3) is 2.86. The number of rotatable bonds is 2. The maximum Gasteiger partial charge on any atom is 0.227 e. The molecule has 1 amide bonds. The Morgan fingerprint density at radius 3 is 3.17 bits per heavy atom. The van der Waals surface area contributed by atoms with Gasteiger partial charge in [-0.1, -0.05) is 11.6 Å². The van der Waals surface area contributed by atoms with Gasteiger partial charge in [-0.05, 0) is 43.5 Å². The molecule has 0 saturated heterocycles. The molecule has 3 heterocycles. The molecule has 1 N–H and O–H groups in total. The van der Waals surface area contributed by atoms with Crippen molar-refractivity contribution in [1.29, 1.82) is 0 Å². The van der Waals surface area contributed by atoms with Crippen molar-refractivity contribution < 1.29 is 9.53 Å². The van der Waals surface area contributed by atoms with Crippen molar-refractivity contribution in [2.24, 2.45) is 5.92 Å². The van der Waals surface area contributed by atoms with Gasteiger partial charge >= 0.3 is 0 Å².